The number of aromatic nitrogens is 3. The standard InChI is InChI=1S/C10H8Cl2N4OS/c1-17-9-7(12)5(2-3-14-9)18-10-8(13)16-6(11)4-15-10/h2-4H,1H3,(H2,13,16). The molecule has 0 fully saturated rings. The molecule has 2 aromatic heterocycles. The number of methoxy groups -OCH3 is 1. The van der Waals surface area contributed by atoms with E-state index in [1.165, 1.54) is 25.1 Å². The van der Waals surface area contributed by atoms with Crippen molar-refractivity contribution in [2.75, 3.05) is 12.8 Å². The van der Waals surface area contributed by atoms with E-state index < -0.39 is 0 Å². The Morgan fingerprint density at radius 1 is 1.33 bits per heavy atom. The quantitative estimate of drug-likeness (QED) is 0.939. The van der Waals surface area contributed by atoms with Gasteiger partial charge in [-0.1, -0.05) is 35.0 Å². The van der Waals surface area contributed by atoms with E-state index in [-0.39, 0.29) is 11.0 Å². The molecule has 0 atom stereocenters. The van der Waals surface area contributed by atoms with Crippen molar-refractivity contribution in [1.82, 2.24) is 15.0 Å². The first kappa shape index (κ1) is 13.2. The zero-order valence-electron chi connectivity index (χ0n) is 9.22. The van der Waals surface area contributed by atoms with Crippen LogP contribution in [0.3, 0.4) is 0 Å². The Morgan fingerprint density at radius 2 is 2.11 bits per heavy atom. The van der Waals surface area contributed by atoms with E-state index in [2.05, 4.69) is 15.0 Å². The topological polar surface area (TPSA) is 73.9 Å². The lowest BCUT2D eigenvalue weighted by Gasteiger charge is -2.07. The van der Waals surface area contributed by atoms with Crippen molar-refractivity contribution in [3.05, 3.63) is 28.6 Å². The highest BCUT2D eigenvalue weighted by atomic mass is 35.5. The van der Waals surface area contributed by atoms with Crippen molar-refractivity contribution in [2.45, 2.75) is 9.92 Å². The molecule has 5 nitrogen and oxygen atoms in total. The molecule has 0 aliphatic rings. The zero-order valence-corrected chi connectivity index (χ0v) is 11.6. The molecule has 0 aliphatic heterocycles. The van der Waals surface area contributed by atoms with Crippen LogP contribution in [0, 0.1) is 0 Å². The molecule has 0 saturated heterocycles. The first-order valence-electron chi connectivity index (χ1n) is 4.76. The molecule has 94 valence electrons. The van der Waals surface area contributed by atoms with Crippen molar-refractivity contribution in [3.8, 4) is 5.88 Å². The Hall–Kier alpha value is -1.24. The summed E-state index contributed by atoms with van der Waals surface area (Å²) in [6, 6.07) is 1.74. The minimum Gasteiger partial charge on any atom is -0.480 e. The number of nitrogens with two attached hydrogens (primary N) is 1. The average molecular weight is 303 g/mol. The second-order valence-electron chi connectivity index (χ2n) is 3.12. The SMILES string of the molecule is COc1nccc(Sc2ncc(Cl)nc2N)c1Cl. The van der Waals surface area contributed by atoms with Crippen LogP contribution in [-0.2, 0) is 0 Å². The van der Waals surface area contributed by atoms with Crippen LogP contribution in [-0.4, -0.2) is 22.1 Å². The summed E-state index contributed by atoms with van der Waals surface area (Å²) in [6.07, 6.45) is 3.01. The molecule has 0 saturated carbocycles. The molecule has 0 aromatic carbocycles. The van der Waals surface area contributed by atoms with Crippen LogP contribution in [0.5, 0.6) is 5.88 Å². The van der Waals surface area contributed by atoms with Gasteiger partial charge in [-0.05, 0) is 6.07 Å². The highest BCUT2D eigenvalue weighted by molar-refractivity contribution is 7.99. The van der Waals surface area contributed by atoms with Crippen LogP contribution < -0.4 is 10.5 Å². The Labute approximate surface area is 118 Å². The van der Waals surface area contributed by atoms with Gasteiger partial charge in [0.15, 0.2) is 5.82 Å². The van der Waals surface area contributed by atoms with Crippen LogP contribution in [0.1, 0.15) is 0 Å². The second-order valence-corrected chi connectivity index (χ2v) is 4.91. The van der Waals surface area contributed by atoms with Gasteiger partial charge in [0.25, 0.3) is 0 Å². The van der Waals surface area contributed by atoms with E-state index in [0.717, 1.165) is 4.90 Å². The Morgan fingerprint density at radius 3 is 2.78 bits per heavy atom. The predicted molar refractivity (Wildman–Crippen MR) is 71.4 cm³/mol. The van der Waals surface area contributed by atoms with Gasteiger partial charge >= 0.3 is 0 Å². The van der Waals surface area contributed by atoms with Crippen molar-refractivity contribution >= 4 is 40.8 Å². The molecular formula is C10H8Cl2N4OS. The van der Waals surface area contributed by atoms with E-state index in [9.17, 15) is 0 Å². The van der Waals surface area contributed by atoms with Crippen molar-refractivity contribution < 1.29 is 4.74 Å². The highest BCUT2D eigenvalue weighted by Gasteiger charge is 2.12. The summed E-state index contributed by atoms with van der Waals surface area (Å²) in [5, 5.41) is 1.17. The molecule has 0 bridgehead atoms. The van der Waals surface area contributed by atoms with E-state index >= 15 is 0 Å². The number of hydrogen-bond acceptors (Lipinski definition) is 6. The van der Waals surface area contributed by atoms with Crippen molar-refractivity contribution in [3.63, 3.8) is 0 Å². The van der Waals surface area contributed by atoms with Crippen LogP contribution in [0.4, 0.5) is 5.82 Å². The smallest absolute Gasteiger partial charge is 0.233 e. The molecule has 0 aliphatic carbocycles. The predicted octanol–water partition coefficient (Wildman–Crippen LogP) is 2.92. The Balaban J connectivity index is 2.34. The third-order valence-electron chi connectivity index (χ3n) is 1.96. The number of rotatable bonds is 3. The van der Waals surface area contributed by atoms with Gasteiger partial charge in [0.05, 0.1) is 13.3 Å². The van der Waals surface area contributed by atoms with Crippen molar-refractivity contribution in [2.24, 2.45) is 0 Å². The second kappa shape index (κ2) is 5.60. The molecule has 2 rings (SSSR count). The molecule has 2 aromatic rings. The maximum Gasteiger partial charge on any atom is 0.233 e. The average Bonchev–Trinajstić information content (AvgIpc) is 2.35. The maximum atomic E-state index is 6.12. The monoisotopic (exact) mass is 302 g/mol. The number of ether oxygens (including phenoxy) is 1. The van der Waals surface area contributed by atoms with Gasteiger partial charge in [0.2, 0.25) is 5.88 Å². The summed E-state index contributed by atoms with van der Waals surface area (Å²) in [6.45, 7) is 0. The van der Waals surface area contributed by atoms with Gasteiger partial charge in [-0.25, -0.2) is 15.0 Å². The first-order chi connectivity index (χ1) is 8.61. The number of hydrogen-bond donors (Lipinski definition) is 1. The van der Waals surface area contributed by atoms with Gasteiger partial charge in [-0.15, -0.1) is 0 Å². The number of anilines is 1. The van der Waals surface area contributed by atoms with Gasteiger partial charge < -0.3 is 10.5 Å². The highest BCUT2D eigenvalue weighted by Crippen LogP contribution is 2.37. The number of nitrogens with zero attached hydrogens (tertiary/aromatic N) is 3. The van der Waals surface area contributed by atoms with E-state index in [1.54, 1.807) is 12.3 Å². The summed E-state index contributed by atoms with van der Waals surface area (Å²) in [7, 11) is 1.50. The molecule has 2 N–H and O–H groups in total. The first-order valence-corrected chi connectivity index (χ1v) is 6.33. The molecule has 0 spiro atoms. The third kappa shape index (κ3) is 2.77. The van der Waals surface area contributed by atoms with Gasteiger partial charge in [0, 0.05) is 11.1 Å². The molecule has 8 heteroatoms. The molecule has 2 heterocycles. The lowest BCUT2D eigenvalue weighted by Crippen LogP contribution is -1.96. The molecule has 18 heavy (non-hydrogen) atoms. The normalized spacial score (nSPS) is 10.4. The Bertz CT molecular complexity index is 582. The van der Waals surface area contributed by atoms with E-state index in [4.69, 9.17) is 33.7 Å². The third-order valence-corrected chi connectivity index (χ3v) is 3.68. The summed E-state index contributed by atoms with van der Waals surface area (Å²) >= 11 is 13.1. The maximum absolute atomic E-state index is 6.12. The molecule has 0 radical (unpaired) electrons. The molecule has 0 unspecified atom stereocenters. The summed E-state index contributed by atoms with van der Waals surface area (Å²) in [5.41, 5.74) is 5.72. The van der Waals surface area contributed by atoms with Crippen molar-refractivity contribution in [1.29, 1.82) is 0 Å². The van der Waals surface area contributed by atoms with Gasteiger partial charge in [-0.3, -0.25) is 0 Å². The summed E-state index contributed by atoms with van der Waals surface area (Å²) in [4.78, 5) is 12.7. The van der Waals surface area contributed by atoms with Crippen LogP contribution in [0.2, 0.25) is 10.2 Å². The number of nitrogen functional groups attached to an aromatic ring is 1. The van der Waals surface area contributed by atoms with Gasteiger partial charge in [-0.2, -0.15) is 0 Å². The zero-order chi connectivity index (χ0) is 13.1. The minimum absolute atomic E-state index is 0.246. The summed E-state index contributed by atoms with van der Waals surface area (Å²) in [5.74, 6) is 0.599. The van der Waals surface area contributed by atoms with Crippen LogP contribution in [0.15, 0.2) is 28.4 Å². The molecular weight excluding hydrogens is 295 g/mol. The fourth-order valence-corrected chi connectivity index (χ4v) is 2.40. The van der Waals surface area contributed by atoms with Crippen LogP contribution in [0.25, 0.3) is 0 Å². The largest absolute Gasteiger partial charge is 0.480 e. The lowest BCUT2D eigenvalue weighted by molar-refractivity contribution is 0.397. The Kier molecular flexibility index (Phi) is 4.11. The lowest BCUT2D eigenvalue weighted by atomic mass is 10.5. The number of pyridine rings is 1. The van der Waals surface area contributed by atoms with E-state index in [0.29, 0.717) is 15.9 Å². The molecule has 0 amide bonds. The van der Waals surface area contributed by atoms with Crippen LogP contribution >= 0.6 is 35.0 Å². The van der Waals surface area contributed by atoms with E-state index in [1.807, 2.05) is 0 Å². The fourth-order valence-electron chi connectivity index (χ4n) is 1.18. The fraction of sp³-hybridized carbons (Fsp3) is 0.100. The van der Waals surface area contributed by atoms with Gasteiger partial charge in [0.1, 0.15) is 15.2 Å². The number of halogens is 2. The summed E-state index contributed by atoms with van der Waals surface area (Å²) < 4.78 is 5.03. The minimum atomic E-state index is 0.246.